The van der Waals surface area contributed by atoms with Crippen LogP contribution in [0.4, 0.5) is 0 Å². The molecule has 1 aliphatic heterocycles. The lowest BCUT2D eigenvalue weighted by molar-refractivity contribution is -0.143. The van der Waals surface area contributed by atoms with Crippen LogP contribution in [0, 0.1) is 6.92 Å². The van der Waals surface area contributed by atoms with E-state index in [4.69, 9.17) is 18.6 Å². The molecule has 2 amide bonds. The highest BCUT2D eigenvalue weighted by atomic mass is 16.5. The first-order chi connectivity index (χ1) is 14.4. The van der Waals surface area contributed by atoms with Crippen LogP contribution in [0.1, 0.15) is 16.9 Å². The Labute approximate surface area is 173 Å². The number of methoxy groups -OCH3 is 2. The number of likely N-dealkylation sites (N-methyl/N-ethyl adjacent to an activating group) is 1. The van der Waals surface area contributed by atoms with Gasteiger partial charge in [0, 0.05) is 26.1 Å². The van der Waals surface area contributed by atoms with E-state index < -0.39 is 18.6 Å². The van der Waals surface area contributed by atoms with Gasteiger partial charge in [-0.25, -0.2) is 0 Å². The first-order valence-electron chi connectivity index (χ1n) is 9.35. The average Bonchev–Trinajstić information content (AvgIpc) is 2.75. The summed E-state index contributed by atoms with van der Waals surface area (Å²) in [4.78, 5) is 38.7. The van der Waals surface area contributed by atoms with Crippen molar-refractivity contribution in [1.82, 2.24) is 10.2 Å². The lowest BCUT2D eigenvalue weighted by Crippen LogP contribution is -2.53. The smallest absolute Gasteiger partial charge is 0.261 e. The van der Waals surface area contributed by atoms with E-state index in [2.05, 4.69) is 5.32 Å². The molecule has 1 aromatic carbocycles. The Bertz CT molecular complexity index is 1010. The van der Waals surface area contributed by atoms with Gasteiger partial charge in [0.1, 0.15) is 18.1 Å². The standard InChI is InChI=1S/C21H24N2O7/c1-12-5-16(24)19(10-29-12)30-11-20(25)23-9-14-8-18(28-4)17(27-3)7-13(14)6-15(23)21(26)22-2/h5,7-8,10,15H,6,9,11H2,1-4H3,(H,22,26)/t15-/m0/s1. The van der Waals surface area contributed by atoms with Gasteiger partial charge in [-0.2, -0.15) is 0 Å². The Balaban J connectivity index is 1.85. The van der Waals surface area contributed by atoms with Crippen LogP contribution >= 0.6 is 0 Å². The van der Waals surface area contributed by atoms with Crippen LogP contribution in [-0.2, 0) is 22.6 Å². The van der Waals surface area contributed by atoms with Gasteiger partial charge >= 0.3 is 0 Å². The van der Waals surface area contributed by atoms with Crippen LogP contribution in [0.15, 0.2) is 33.7 Å². The number of fused-ring (bicyclic) bond motifs is 1. The summed E-state index contributed by atoms with van der Waals surface area (Å²) in [5, 5.41) is 2.60. The highest BCUT2D eigenvalue weighted by Gasteiger charge is 2.35. The van der Waals surface area contributed by atoms with Crippen molar-refractivity contribution in [1.29, 1.82) is 0 Å². The normalized spacial score (nSPS) is 15.2. The number of nitrogens with one attached hydrogen (secondary N) is 1. The SMILES string of the molecule is CNC(=O)[C@@H]1Cc2cc(OC)c(OC)cc2CN1C(=O)COc1coc(C)cc1=O. The fraction of sp³-hybridized carbons (Fsp3) is 0.381. The first-order valence-corrected chi connectivity index (χ1v) is 9.35. The second kappa shape index (κ2) is 8.89. The summed E-state index contributed by atoms with van der Waals surface area (Å²) in [5.41, 5.74) is 1.36. The molecule has 0 saturated carbocycles. The van der Waals surface area contributed by atoms with Gasteiger partial charge in [0.25, 0.3) is 5.91 Å². The number of aryl methyl sites for hydroxylation is 1. The third kappa shape index (κ3) is 4.24. The Hall–Kier alpha value is -3.49. The van der Waals surface area contributed by atoms with E-state index >= 15 is 0 Å². The van der Waals surface area contributed by atoms with E-state index in [1.54, 1.807) is 13.0 Å². The molecule has 30 heavy (non-hydrogen) atoms. The summed E-state index contributed by atoms with van der Waals surface area (Å²) >= 11 is 0. The molecule has 0 saturated heterocycles. The van der Waals surface area contributed by atoms with Crippen molar-refractivity contribution in [2.24, 2.45) is 0 Å². The number of carbonyl (C=O) groups is 2. The quantitative estimate of drug-likeness (QED) is 0.750. The van der Waals surface area contributed by atoms with Gasteiger partial charge < -0.3 is 28.8 Å². The highest BCUT2D eigenvalue weighted by molar-refractivity contribution is 5.89. The zero-order valence-electron chi connectivity index (χ0n) is 17.3. The zero-order valence-corrected chi connectivity index (χ0v) is 17.3. The molecule has 0 bridgehead atoms. The molecule has 2 aromatic rings. The molecule has 0 fully saturated rings. The number of amides is 2. The molecule has 0 unspecified atom stereocenters. The maximum absolute atomic E-state index is 12.9. The topological polar surface area (TPSA) is 107 Å². The summed E-state index contributed by atoms with van der Waals surface area (Å²) < 4.78 is 21.2. The number of carbonyl (C=O) groups excluding carboxylic acids is 2. The van der Waals surface area contributed by atoms with Crippen LogP contribution in [0.25, 0.3) is 0 Å². The number of ether oxygens (including phenoxy) is 3. The molecular formula is C21H24N2O7. The molecule has 1 aromatic heterocycles. The van der Waals surface area contributed by atoms with Crippen molar-refractivity contribution in [3.8, 4) is 17.2 Å². The number of hydrogen-bond donors (Lipinski definition) is 1. The fourth-order valence-corrected chi connectivity index (χ4v) is 3.40. The van der Waals surface area contributed by atoms with Gasteiger partial charge in [-0.3, -0.25) is 14.4 Å². The molecule has 9 nitrogen and oxygen atoms in total. The van der Waals surface area contributed by atoms with Gasteiger partial charge in [-0.15, -0.1) is 0 Å². The van der Waals surface area contributed by atoms with E-state index in [1.165, 1.54) is 38.5 Å². The molecule has 1 N–H and O–H groups in total. The Kier molecular flexibility index (Phi) is 6.29. The molecular weight excluding hydrogens is 392 g/mol. The summed E-state index contributed by atoms with van der Waals surface area (Å²) in [7, 11) is 4.59. The average molecular weight is 416 g/mol. The maximum atomic E-state index is 12.9. The van der Waals surface area contributed by atoms with Crippen molar-refractivity contribution in [2.75, 3.05) is 27.9 Å². The van der Waals surface area contributed by atoms with Crippen LogP contribution in [0.2, 0.25) is 0 Å². The third-order valence-corrected chi connectivity index (χ3v) is 4.99. The fourth-order valence-electron chi connectivity index (χ4n) is 3.40. The molecule has 0 aliphatic carbocycles. The summed E-state index contributed by atoms with van der Waals surface area (Å²) in [6.07, 6.45) is 1.48. The van der Waals surface area contributed by atoms with E-state index in [1.807, 2.05) is 6.07 Å². The van der Waals surface area contributed by atoms with E-state index in [0.29, 0.717) is 23.7 Å². The molecule has 0 spiro atoms. The predicted molar refractivity (Wildman–Crippen MR) is 107 cm³/mol. The second-order valence-electron chi connectivity index (χ2n) is 6.84. The van der Waals surface area contributed by atoms with Crippen molar-refractivity contribution >= 4 is 11.8 Å². The number of benzene rings is 1. The van der Waals surface area contributed by atoms with Gasteiger partial charge in [0.05, 0.1) is 14.2 Å². The Morgan fingerprint density at radius 1 is 1.13 bits per heavy atom. The summed E-state index contributed by atoms with van der Waals surface area (Å²) in [5.74, 6) is 0.754. The summed E-state index contributed by atoms with van der Waals surface area (Å²) in [6.45, 7) is 1.43. The Morgan fingerprint density at radius 3 is 2.40 bits per heavy atom. The lowest BCUT2D eigenvalue weighted by Gasteiger charge is -2.36. The number of hydrogen-bond acceptors (Lipinski definition) is 7. The minimum absolute atomic E-state index is 0.0609. The lowest BCUT2D eigenvalue weighted by atomic mass is 9.92. The maximum Gasteiger partial charge on any atom is 0.261 e. The number of rotatable bonds is 6. The van der Waals surface area contributed by atoms with Crippen molar-refractivity contribution in [3.63, 3.8) is 0 Å². The molecule has 1 atom stereocenters. The largest absolute Gasteiger partial charge is 0.493 e. The van der Waals surface area contributed by atoms with Gasteiger partial charge in [-0.05, 0) is 30.2 Å². The monoisotopic (exact) mass is 416 g/mol. The third-order valence-electron chi connectivity index (χ3n) is 4.99. The number of nitrogens with zero attached hydrogens (tertiary/aromatic N) is 1. The molecule has 160 valence electrons. The van der Waals surface area contributed by atoms with Crippen LogP contribution in [0.5, 0.6) is 17.2 Å². The van der Waals surface area contributed by atoms with Gasteiger partial charge in [0.15, 0.2) is 18.1 Å². The Morgan fingerprint density at radius 2 is 1.80 bits per heavy atom. The molecule has 1 aliphatic rings. The second-order valence-corrected chi connectivity index (χ2v) is 6.84. The van der Waals surface area contributed by atoms with E-state index in [0.717, 1.165) is 11.1 Å². The molecule has 0 radical (unpaired) electrons. The van der Waals surface area contributed by atoms with Crippen molar-refractivity contribution in [2.45, 2.75) is 25.9 Å². The molecule has 3 rings (SSSR count). The van der Waals surface area contributed by atoms with Crippen LogP contribution < -0.4 is 25.0 Å². The van der Waals surface area contributed by atoms with E-state index in [-0.39, 0.29) is 23.6 Å². The van der Waals surface area contributed by atoms with Crippen LogP contribution in [-0.4, -0.2) is 50.6 Å². The first kappa shape index (κ1) is 21.2. The molecule has 2 heterocycles. The zero-order chi connectivity index (χ0) is 21.8. The van der Waals surface area contributed by atoms with Gasteiger partial charge in [-0.1, -0.05) is 0 Å². The van der Waals surface area contributed by atoms with Gasteiger partial charge in [0.2, 0.25) is 17.1 Å². The van der Waals surface area contributed by atoms with Crippen LogP contribution in [0.3, 0.4) is 0 Å². The van der Waals surface area contributed by atoms with E-state index in [9.17, 15) is 14.4 Å². The minimum atomic E-state index is -0.717. The molecule has 9 heteroatoms. The van der Waals surface area contributed by atoms with Crippen molar-refractivity contribution < 1.29 is 28.2 Å². The highest BCUT2D eigenvalue weighted by Crippen LogP contribution is 2.34. The summed E-state index contributed by atoms with van der Waals surface area (Å²) in [6, 6.07) is 4.18. The van der Waals surface area contributed by atoms with Crippen molar-refractivity contribution in [3.05, 3.63) is 51.6 Å². The minimum Gasteiger partial charge on any atom is -0.493 e. The predicted octanol–water partition coefficient (Wildman–Crippen LogP) is 1.04.